The molecule has 1 aromatic rings. The summed E-state index contributed by atoms with van der Waals surface area (Å²) in [6.45, 7) is 1.98. The first-order chi connectivity index (χ1) is 9.10. The van der Waals surface area contributed by atoms with Crippen LogP contribution in [0.1, 0.15) is 48.2 Å². The van der Waals surface area contributed by atoms with E-state index in [4.69, 9.17) is 16.7 Å². The molecule has 1 spiro atoms. The largest absolute Gasteiger partial charge is 0.477 e. The molecule has 4 nitrogen and oxygen atoms in total. The molecule has 0 radical (unpaired) electrons. The van der Waals surface area contributed by atoms with Crippen molar-refractivity contribution in [1.82, 2.24) is 4.98 Å². The molecule has 3 rings (SSSR count). The van der Waals surface area contributed by atoms with Gasteiger partial charge in [-0.25, -0.2) is 9.78 Å². The molecule has 0 bridgehead atoms. The van der Waals surface area contributed by atoms with Gasteiger partial charge in [-0.1, -0.05) is 42.2 Å². The van der Waals surface area contributed by atoms with Gasteiger partial charge < -0.3 is 10.0 Å². The maximum absolute atomic E-state index is 11.0. The quantitative estimate of drug-likeness (QED) is 0.905. The standard InChI is InChI=1S/C13H17ClN2O2S/c14-10-9(11(17)18)19-12(15-10)16-7-6-13(8-16)4-2-1-3-5-13/h1-8H2,(H,17,18). The molecule has 1 aliphatic carbocycles. The third-order valence-electron chi connectivity index (χ3n) is 4.39. The molecule has 1 aromatic heterocycles. The van der Waals surface area contributed by atoms with Gasteiger partial charge in [0.15, 0.2) is 15.2 Å². The van der Waals surface area contributed by atoms with Crippen molar-refractivity contribution in [3.63, 3.8) is 0 Å². The summed E-state index contributed by atoms with van der Waals surface area (Å²) < 4.78 is 0. The molecule has 6 heteroatoms. The summed E-state index contributed by atoms with van der Waals surface area (Å²) in [5.74, 6) is -0.986. The first-order valence-electron chi connectivity index (χ1n) is 6.74. The highest BCUT2D eigenvalue weighted by molar-refractivity contribution is 7.18. The van der Waals surface area contributed by atoms with Gasteiger partial charge in [0.25, 0.3) is 0 Å². The van der Waals surface area contributed by atoms with Crippen LogP contribution in [0.2, 0.25) is 5.15 Å². The van der Waals surface area contributed by atoms with Crippen molar-refractivity contribution in [3.05, 3.63) is 10.0 Å². The van der Waals surface area contributed by atoms with Crippen LogP contribution >= 0.6 is 22.9 Å². The van der Waals surface area contributed by atoms with Crippen molar-refractivity contribution in [2.24, 2.45) is 5.41 Å². The molecule has 0 amide bonds. The van der Waals surface area contributed by atoms with Crippen LogP contribution in [-0.4, -0.2) is 29.1 Å². The number of nitrogens with zero attached hydrogens (tertiary/aromatic N) is 2. The van der Waals surface area contributed by atoms with E-state index in [1.165, 1.54) is 49.9 Å². The van der Waals surface area contributed by atoms with E-state index < -0.39 is 5.97 Å². The van der Waals surface area contributed by atoms with E-state index in [2.05, 4.69) is 9.88 Å². The van der Waals surface area contributed by atoms with Gasteiger partial charge >= 0.3 is 5.97 Å². The second kappa shape index (κ2) is 4.94. The van der Waals surface area contributed by atoms with Crippen LogP contribution in [0.15, 0.2) is 0 Å². The number of thiazole rings is 1. The predicted octanol–water partition coefficient (Wildman–Crippen LogP) is 3.66. The summed E-state index contributed by atoms with van der Waals surface area (Å²) >= 11 is 7.08. The second-order valence-electron chi connectivity index (χ2n) is 5.65. The second-order valence-corrected chi connectivity index (χ2v) is 6.99. The van der Waals surface area contributed by atoms with E-state index in [9.17, 15) is 4.79 Å². The van der Waals surface area contributed by atoms with Crippen molar-refractivity contribution < 1.29 is 9.90 Å². The molecule has 2 aliphatic rings. The van der Waals surface area contributed by atoms with Gasteiger partial charge in [0.1, 0.15) is 0 Å². The Bertz CT molecular complexity index is 497. The minimum absolute atomic E-state index is 0.122. The predicted molar refractivity (Wildman–Crippen MR) is 76.4 cm³/mol. The molecule has 1 saturated carbocycles. The van der Waals surface area contributed by atoms with Crippen molar-refractivity contribution in [2.75, 3.05) is 18.0 Å². The molecule has 1 aliphatic heterocycles. The number of carbonyl (C=O) groups is 1. The summed E-state index contributed by atoms with van der Waals surface area (Å²) in [6.07, 6.45) is 7.81. The van der Waals surface area contributed by atoms with E-state index in [0.29, 0.717) is 5.41 Å². The third-order valence-corrected chi connectivity index (χ3v) is 5.88. The van der Waals surface area contributed by atoms with E-state index >= 15 is 0 Å². The minimum Gasteiger partial charge on any atom is -0.477 e. The van der Waals surface area contributed by atoms with E-state index in [1.54, 1.807) is 0 Å². The first-order valence-corrected chi connectivity index (χ1v) is 7.94. The summed E-state index contributed by atoms with van der Waals surface area (Å²) in [4.78, 5) is 17.6. The zero-order valence-electron chi connectivity index (χ0n) is 10.7. The molecule has 104 valence electrons. The molecule has 2 fully saturated rings. The zero-order chi connectivity index (χ0) is 13.5. The van der Waals surface area contributed by atoms with Gasteiger partial charge in [-0.05, 0) is 24.7 Å². The van der Waals surface area contributed by atoms with Gasteiger partial charge in [-0.2, -0.15) is 0 Å². The number of carboxylic acid groups (broad SMARTS) is 1. The lowest BCUT2D eigenvalue weighted by atomic mass is 9.74. The van der Waals surface area contributed by atoms with Crippen molar-refractivity contribution in [1.29, 1.82) is 0 Å². The first kappa shape index (κ1) is 13.2. The van der Waals surface area contributed by atoms with Crippen LogP contribution in [0, 0.1) is 5.41 Å². The van der Waals surface area contributed by atoms with Gasteiger partial charge in [-0.15, -0.1) is 0 Å². The summed E-state index contributed by atoms with van der Waals surface area (Å²) in [5, 5.41) is 9.92. The Labute approximate surface area is 121 Å². The summed E-state index contributed by atoms with van der Waals surface area (Å²) in [7, 11) is 0. The fraction of sp³-hybridized carbons (Fsp3) is 0.692. The van der Waals surface area contributed by atoms with Gasteiger partial charge in [0.05, 0.1) is 0 Å². The van der Waals surface area contributed by atoms with Crippen LogP contribution < -0.4 is 4.90 Å². The normalized spacial score (nSPS) is 22.1. The average Bonchev–Trinajstić information content (AvgIpc) is 2.95. The highest BCUT2D eigenvalue weighted by atomic mass is 35.5. The fourth-order valence-electron chi connectivity index (χ4n) is 3.37. The smallest absolute Gasteiger partial charge is 0.349 e. The fourth-order valence-corrected chi connectivity index (χ4v) is 4.51. The van der Waals surface area contributed by atoms with Crippen molar-refractivity contribution in [3.8, 4) is 0 Å². The number of hydrogen-bond donors (Lipinski definition) is 1. The summed E-state index contributed by atoms with van der Waals surface area (Å²) in [5.41, 5.74) is 0.444. The molecule has 0 atom stereocenters. The maximum atomic E-state index is 11.0. The van der Waals surface area contributed by atoms with Crippen LogP contribution in [0.3, 0.4) is 0 Å². The minimum atomic E-state index is -0.986. The lowest BCUT2D eigenvalue weighted by Crippen LogP contribution is -2.29. The molecular formula is C13H17ClN2O2S. The average molecular weight is 301 g/mol. The number of carboxylic acids is 1. The number of hydrogen-bond acceptors (Lipinski definition) is 4. The molecule has 0 aromatic carbocycles. The number of anilines is 1. The SMILES string of the molecule is O=C(O)c1sc(N2CCC3(CCCCC3)C2)nc1Cl. The van der Waals surface area contributed by atoms with Crippen LogP contribution in [0.4, 0.5) is 5.13 Å². The Morgan fingerprint density at radius 3 is 2.68 bits per heavy atom. The number of rotatable bonds is 2. The molecule has 0 unspecified atom stereocenters. The van der Waals surface area contributed by atoms with Crippen molar-refractivity contribution >= 4 is 34.0 Å². The van der Waals surface area contributed by atoms with Crippen LogP contribution in [-0.2, 0) is 0 Å². The third kappa shape index (κ3) is 2.46. The van der Waals surface area contributed by atoms with E-state index in [1.807, 2.05) is 0 Å². The molecule has 1 N–H and O–H groups in total. The van der Waals surface area contributed by atoms with Gasteiger partial charge in [0, 0.05) is 13.1 Å². The highest BCUT2D eigenvalue weighted by Gasteiger charge is 2.40. The number of halogens is 1. The van der Waals surface area contributed by atoms with Crippen LogP contribution in [0.5, 0.6) is 0 Å². The molecule has 19 heavy (non-hydrogen) atoms. The van der Waals surface area contributed by atoms with E-state index in [0.717, 1.165) is 18.2 Å². The summed E-state index contributed by atoms with van der Waals surface area (Å²) in [6, 6.07) is 0. The zero-order valence-corrected chi connectivity index (χ0v) is 12.3. The Balaban J connectivity index is 1.77. The monoisotopic (exact) mass is 300 g/mol. The Hall–Kier alpha value is -0.810. The lowest BCUT2D eigenvalue weighted by Gasteiger charge is -2.33. The topological polar surface area (TPSA) is 53.4 Å². The lowest BCUT2D eigenvalue weighted by molar-refractivity contribution is 0.0702. The molecule has 2 heterocycles. The highest BCUT2D eigenvalue weighted by Crippen LogP contribution is 2.45. The maximum Gasteiger partial charge on any atom is 0.349 e. The van der Waals surface area contributed by atoms with Crippen LogP contribution in [0.25, 0.3) is 0 Å². The van der Waals surface area contributed by atoms with Gasteiger partial charge in [-0.3, -0.25) is 0 Å². The molecule has 1 saturated heterocycles. The van der Waals surface area contributed by atoms with Gasteiger partial charge in [0.2, 0.25) is 0 Å². The number of aromatic carboxylic acids is 1. The van der Waals surface area contributed by atoms with Crippen molar-refractivity contribution in [2.45, 2.75) is 38.5 Å². The Morgan fingerprint density at radius 1 is 1.32 bits per heavy atom. The van der Waals surface area contributed by atoms with E-state index in [-0.39, 0.29) is 10.0 Å². The Kier molecular flexibility index (Phi) is 3.43. The number of aromatic nitrogens is 1. The Morgan fingerprint density at radius 2 is 2.05 bits per heavy atom. The molecular weight excluding hydrogens is 284 g/mol.